The van der Waals surface area contributed by atoms with Crippen LogP contribution in [0.5, 0.6) is 0 Å². The molecule has 8 nitrogen and oxygen atoms in total. The topological polar surface area (TPSA) is 100 Å². The summed E-state index contributed by atoms with van der Waals surface area (Å²) >= 11 is 16.4. The summed E-state index contributed by atoms with van der Waals surface area (Å²) in [5.41, 5.74) is 4.80. The van der Waals surface area contributed by atoms with Gasteiger partial charge in [-0.3, -0.25) is 0 Å². The van der Waals surface area contributed by atoms with Crippen LogP contribution >= 0.6 is 79.6 Å². The van der Waals surface area contributed by atoms with Crippen LogP contribution in [-0.2, 0) is 0 Å². The SMILES string of the molecule is Brc1cc(Br)c2ncc(Br)n2n1.FC(F)(F)CCNc1cc(Br)nn2c(Br)cnc12.[Cl-].[NH3+]CCC(F)(F)F. The molecule has 0 bridgehead atoms. The highest BCUT2D eigenvalue weighted by atomic mass is 79.9. The highest BCUT2D eigenvalue weighted by Gasteiger charge is 2.27. The van der Waals surface area contributed by atoms with Gasteiger partial charge in [-0.1, -0.05) is 0 Å². The summed E-state index contributed by atoms with van der Waals surface area (Å²) in [6, 6.07) is 3.44. The van der Waals surface area contributed by atoms with Gasteiger partial charge in [0, 0.05) is 6.54 Å². The Morgan fingerprint density at radius 3 is 1.71 bits per heavy atom. The van der Waals surface area contributed by atoms with Gasteiger partial charge in [-0.25, -0.2) is 19.0 Å². The molecular formula is C18H16Br5ClF6N8. The largest absolute Gasteiger partial charge is 1.00 e. The predicted molar refractivity (Wildman–Crippen MR) is 142 cm³/mol. The van der Waals surface area contributed by atoms with Gasteiger partial charge in [0.15, 0.2) is 11.3 Å². The molecule has 0 saturated carbocycles. The van der Waals surface area contributed by atoms with Gasteiger partial charge in [0.25, 0.3) is 0 Å². The van der Waals surface area contributed by atoms with E-state index in [0.29, 0.717) is 20.5 Å². The fourth-order valence-corrected chi connectivity index (χ4v) is 4.73. The van der Waals surface area contributed by atoms with Crippen molar-refractivity contribution in [2.24, 2.45) is 0 Å². The molecule has 4 aromatic rings. The maximum atomic E-state index is 12.1. The van der Waals surface area contributed by atoms with E-state index in [1.165, 1.54) is 10.7 Å². The van der Waals surface area contributed by atoms with Gasteiger partial charge in [0.1, 0.15) is 18.4 Å². The Labute approximate surface area is 259 Å². The molecule has 0 aliphatic heterocycles. The number of imidazole rings is 2. The Morgan fingerprint density at radius 2 is 1.24 bits per heavy atom. The summed E-state index contributed by atoms with van der Waals surface area (Å²) in [7, 11) is 0. The molecule has 0 spiro atoms. The molecule has 38 heavy (non-hydrogen) atoms. The van der Waals surface area contributed by atoms with Crippen molar-refractivity contribution >= 4 is 96.6 Å². The van der Waals surface area contributed by atoms with E-state index in [1.54, 1.807) is 16.8 Å². The first-order valence-electron chi connectivity index (χ1n) is 9.83. The van der Waals surface area contributed by atoms with Crippen LogP contribution < -0.4 is 23.5 Å². The Kier molecular flexibility index (Phi) is 14.2. The average Bonchev–Trinajstić information content (AvgIpc) is 3.30. The molecule has 0 radical (unpaired) electrons. The number of fused-ring (bicyclic) bond motifs is 2. The summed E-state index contributed by atoms with van der Waals surface area (Å²) in [6.45, 7) is -0.274. The van der Waals surface area contributed by atoms with Crippen LogP contribution in [0, 0.1) is 0 Å². The summed E-state index contributed by atoms with van der Waals surface area (Å²) in [6.07, 6.45) is -6.62. The number of anilines is 1. The Bertz CT molecular complexity index is 1330. The molecule has 0 saturated heterocycles. The lowest BCUT2D eigenvalue weighted by Crippen LogP contribution is -3.00. The van der Waals surface area contributed by atoms with E-state index in [2.05, 4.69) is 111 Å². The lowest BCUT2D eigenvalue weighted by molar-refractivity contribution is -0.380. The first kappa shape index (κ1) is 35.3. The monoisotopic (exact) mass is 888 g/mol. The molecule has 0 unspecified atom stereocenters. The fourth-order valence-electron chi connectivity index (χ4n) is 2.46. The molecule has 4 rings (SSSR count). The second-order valence-electron chi connectivity index (χ2n) is 6.84. The third kappa shape index (κ3) is 11.4. The van der Waals surface area contributed by atoms with E-state index in [-0.39, 0.29) is 25.5 Å². The number of aromatic nitrogens is 6. The zero-order valence-electron chi connectivity index (χ0n) is 18.6. The van der Waals surface area contributed by atoms with Crippen molar-refractivity contribution in [2.45, 2.75) is 25.2 Å². The van der Waals surface area contributed by atoms with E-state index in [1.807, 2.05) is 6.07 Å². The van der Waals surface area contributed by atoms with Gasteiger partial charge in [0.05, 0.1) is 41.9 Å². The zero-order chi connectivity index (χ0) is 28.0. The second-order valence-corrected chi connectivity index (χ2v) is 10.9. The summed E-state index contributed by atoms with van der Waals surface area (Å²) in [5, 5.41) is 11.0. The first-order chi connectivity index (χ1) is 17.1. The molecule has 0 aliphatic rings. The maximum Gasteiger partial charge on any atom is 0.394 e. The van der Waals surface area contributed by atoms with Crippen LogP contribution in [0.25, 0.3) is 11.3 Å². The minimum absolute atomic E-state index is 0. The van der Waals surface area contributed by atoms with Gasteiger partial charge in [-0.05, 0) is 91.8 Å². The van der Waals surface area contributed by atoms with Gasteiger partial charge in [0.2, 0.25) is 0 Å². The molecule has 0 fully saturated rings. The van der Waals surface area contributed by atoms with Crippen LogP contribution in [0.2, 0.25) is 0 Å². The molecule has 20 heteroatoms. The minimum atomic E-state index is -4.18. The lowest BCUT2D eigenvalue weighted by Gasteiger charge is -2.10. The molecule has 4 aromatic heterocycles. The molecule has 4 heterocycles. The van der Waals surface area contributed by atoms with Crippen LogP contribution in [0.15, 0.2) is 47.4 Å². The molecular weight excluding hydrogens is 877 g/mol. The van der Waals surface area contributed by atoms with Crippen molar-refractivity contribution < 1.29 is 44.5 Å². The van der Waals surface area contributed by atoms with Gasteiger partial charge in [-0.2, -0.15) is 36.5 Å². The second kappa shape index (κ2) is 15.3. The van der Waals surface area contributed by atoms with Gasteiger partial charge in [-0.15, -0.1) is 0 Å². The highest BCUT2D eigenvalue weighted by molar-refractivity contribution is 9.11. The molecule has 0 atom stereocenters. The van der Waals surface area contributed by atoms with Crippen LogP contribution in [0.1, 0.15) is 12.8 Å². The van der Waals surface area contributed by atoms with E-state index in [0.717, 1.165) is 19.3 Å². The Morgan fingerprint density at radius 1 is 0.763 bits per heavy atom. The lowest BCUT2D eigenvalue weighted by atomic mass is 10.4. The van der Waals surface area contributed by atoms with E-state index in [9.17, 15) is 26.3 Å². The van der Waals surface area contributed by atoms with Crippen LogP contribution in [-0.4, -0.2) is 54.6 Å². The Balaban J connectivity index is 0.000000312. The number of halogens is 12. The number of hydrogen-bond donors (Lipinski definition) is 2. The smallest absolute Gasteiger partial charge is 0.394 e. The summed E-state index contributed by atoms with van der Waals surface area (Å²) in [4.78, 5) is 8.21. The minimum Gasteiger partial charge on any atom is -1.00 e. The average molecular weight is 893 g/mol. The van der Waals surface area contributed by atoms with Crippen molar-refractivity contribution in [1.82, 2.24) is 29.2 Å². The van der Waals surface area contributed by atoms with E-state index in [4.69, 9.17) is 0 Å². The zero-order valence-corrected chi connectivity index (χ0v) is 27.2. The van der Waals surface area contributed by atoms with E-state index >= 15 is 0 Å². The van der Waals surface area contributed by atoms with Crippen LogP contribution in [0.4, 0.5) is 32.0 Å². The molecule has 212 valence electrons. The number of hydrogen-bond acceptors (Lipinski definition) is 5. The highest BCUT2D eigenvalue weighted by Crippen LogP contribution is 2.25. The number of quaternary nitrogens is 1. The predicted octanol–water partition coefficient (Wildman–Crippen LogP) is 3.82. The third-order valence-corrected chi connectivity index (χ3v) is 6.37. The standard InChI is InChI=1S/C9H7Br2F3N4.C6H2Br3N3.C3H6F3N.ClH/c10-6-3-5(15-2-1-9(12,13)14)8-16-4-7(11)18(8)17-6;7-3-1-4(8)11-12-5(9)2-10-6(3)12;4-3(5,6)1-2-7;/h3-4,15H,1-2H2;1-2H;1-2,7H2;1H. The number of nitrogens with one attached hydrogen (secondary N) is 1. The van der Waals surface area contributed by atoms with Crippen molar-refractivity contribution in [3.8, 4) is 0 Å². The third-order valence-electron chi connectivity index (χ3n) is 3.93. The number of nitrogens with zero attached hydrogens (tertiary/aromatic N) is 6. The molecule has 4 N–H and O–H groups in total. The summed E-state index contributed by atoms with van der Waals surface area (Å²) in [5.74, 6) is 0. The molecule has 0 aromatic carbocycles. The van der Waals surface area contributed by atoms with Gasteiger partial charge >= 0.3 is 12.4 Å². The number of rotatable bonds is 4. The summed E-state index contributed by atoms with van der Waals surface area (Å²) < 4.78 is 76.1. The fraction of sp³-hybridized carbons (Fsp3) is 0.333. The normalized spacial score (nSPS) is 11.4. The maximum absolute atomic E-state index is 12.1. The quantitative estimate of drug-likeness (QED) is 0.304. The van der Waals surface area contributed by atoms with Crippen LogP contribution in [0.3, 0.4) is 0 Å². The number of alkyl halides is 6. The Hall–Kier alpha value is -0.730. The molecule has 0 amide bonds. The first-order valence-corrected chi connectivity index (χ1v) is 13.8. The van der Waals surface area contributed by atoms with Crippen molar-refractivity contribution in [3.05, 3.63) is 47.4 Å². The van der Waals surface area contributed by atoms with Crippen molar-refractivity contribution in [1.29, 1.82) is 0 Å². The van der Waals surface area contributed by atoms with Crippen molar-refractivity contribution in [3.63, 3.8) is 0 Å². The van der Waals surface area contributed by atoms with E-state index < -0.39 is 25.2 Å². The van der Waals surface area contributed by atoms with Gasteiger partial charge < -0.3 is 23.5 Å². The molecule has 0 aliphatic carbocycles. The van der Waals surface area contributed by atoms with Crippen molar-refractivity contribution in [2.75, 3.05) is 18.4 Å².